The second-order valence-electron chi connectivity index (χ2n) is 14.0. The molecule has 3 aromatic carbocycles. The molecule has 3 amide bonds. The zero-order chi connectivity index (χ0) is 36.2. The highest BCUT2D eigenvalue weighted by molar-refractivity contribution is 5.94. The number of nitrogens with one attached hydrogen (secondary N) is 2. The maximum atomic E-state index is 14.7. The van der Waals surface area contributed by atoms with Gasteiger partial charge in [0.15, 0.2) is 0 Å². The molecule has 3 rings (SSSR count). The zero-order valence-electron chi connectivity index (χ0n) is 29.8. The number of amides is 3. The minimum Gasteiger partial charge on any atom is -0.458 e. The summed E-state index contributed by atoms with van der Waals surface area (Å²) in [5.74, 6) is -1.63. The highest BCUT2D eigenvalue weighted by atomic mass is 16.6. The summed E-state index contributed by atoms with van der Waals surface area (Å²) in [7, 11) is 0. The fourth-order valence-corrected chi connectivity index (χ4v) is 5.30. The van der Waals surface area contributed by atoms with Crippen LogP contribution < -0.4 is 10.6 Å². The Morgan fingerprint density at radius 3 is 1.82 bits per heavy atom. The number of esters is 1. The van der Waals surface area contributed by atoms with Crippen LogP contribution >= 0.6 is 0 Å². The number of ether oxygens (including phenoxy) is 2. The molecular weight excluding hydrogens is 618 g/mol. The van der Waals surface area contributed by atoms with Crippen molar-refractivity contribution in [1.82, 2.24) is 15.5 Å². The number of nitrogens with zero attached hydrogens (tertiary/aromatic N) is 1. The van der Waals surface area contributed by atoms with Gasteiger partial charge in [0, 0.05) is 19.4 Å². The number of benzene rings is 3. The minimum absolute atomic E-state index is 0.161. The van der Waals surface area contributed by atoms with Crippen LogP contribution in [0, 0.1) is 0 Å². The SMILES string of the molecule is C=Cc1cccc(C(C(=O)NC(Cc2ccccc2)C(=O)OC(C)(C)C)N(CCC)C(=O)C(Cc2ccccc2)NC(=O)OC(C)(C)C)c1. The van der Waals surface area contributed by atoms with Crippen LogP contribution in [0.5, 0.6) is 0 Å². The third kappa shape index (κ3) is 12.6. The van der Waals surface area contributed by atoms with Gasteiger partial charge in [-0.05, 0) is 76.3 Å². The maximum absolute atomic E-state index is 14.7. The monoisotopic (exact) mass is 669 g/mol. The van der Waals surface area contributed by atoms with Gasteiger partial charge in [-0.3, -0.25) is 9.59 Å². The van der Waals surface area contributed by atoms with E-state index >= 15 is 0 Å². The van der Waals surface area contributed by atoms with E-state index in [-0.39, 0.29) is 19.4 Å². The lowest BCUT2D eigenvalue weighted by molar-refractivity contribution is -0.159. The summed E-state index contributed by atoms with van der Waals surface area (Å²) in [6, 6.07) is 22.6. The predicted octanol–water partition coefficient (Wildman–Crippen LogP) is 6.81. The van der Waals surface area contributed by atoms with Gasteiger partial charge in [0.2, 0.25) is 11.8 Å². The molecule has 9 heteroatoms. The average Bonchev–Trinajstić information content (AvgIpc) is 3.03. The van der Waals surface area contributed by atoms with Gasteiger partial charge in [0.25, 0.3) is 0 Å². The molecule has 262 valence electrons. The third-order valence-electron chi connectivity index (χ3n) is 7.33. The van der Waals surface area contributed by atoms with E-state index in [0.29, 0.717) is 12.0 Å². The Morgan fingerprint density at radius 1 is 0.755 bits per heavy atom. The summed E-state index contributed by atoms with van der Waals surface area (Å²) in [5.41, 5.74) is 1.33. The highest BCUT2D eigenvalue weighted by Gasteiger charge is 2.38. The highest BCUT2D eigenvalue weighted by Crippen LogP contribution is 2.26. The lowest BCUT2D eigenvalue weighted by atomic mass is 9.98. The van der Waals surface area contributed by atoms with Crippen molar-refractivity contribution in [2.45, 2.75) is 97.1 Å². The van der Waals surface area contributed by atoms with E-state index in [1.165, 1.54) is 4.90 Å². The largest absolute Gasteiger partial charge is 0.458 e. The molecule has 3 unspecified atom stereocenters. The van der Waals surface area contributed by atoms with E-state index in [1.807, 2.05) is 73.7 Å². The molecule has 0 spiro atoms. The van der Waals surface area contributed by atoms with Crippen LogP contribution in [-0.4, -0.2) is 58.6 Å². The van der Waals surface area contributed by atoms with Crippen LogP contribution in [0.25, 0.3) is 6.08 Å². The Bertz CT molecular complexity index is 1560. The average molecular weight is 670 g/mol. The first-order valence-corrected chi connectivity index (χ1v) is 16.7. The third-order valence-corrected chi connectivity index (χ3v) is 7.33. The molecule has 3 aromatic rings. The Kier molecular flexibility index (Phi) is 13.7. The molecular formula is C40H51N3O6. The molecule has 2 N–H and O–H groups in total. The quantitative estimate of drug-likeness (QED) is 0.182. The molecule has 0 aliphatic rings. The predicted molar refractivity (Wildman–Crippen MR) is 193 cm³/mol. The zero-order valence-corrected chi connectivity index (χ0v) is 29.8. The molecule has 9 nitrogen and oxygen atoms in total. The summed E-state index contributed by atoms with van der Waals surface area (Å²) in [6.45, 7) is 16.5. The van der Waals surface area contributed by atoms with Gasteiger partial charge in [-0.15, -0.1) is 0 Å². The van der Waals surface area contributed by atoms with E-state index in [0.717, 1.165) is 16.7 Å². The number of carbonyl (C=O) groups is 4. The van der Waals surface area contributed by atoms with Crippen molar-refractivity contribution >= 4 is 30.0 Å². The normalized spacial score (nSPS) is 13.3. The van der Waals surface area contributed by atoms with Crippen molar-refractivity contribution in [2.24, 2.45) is 0 Å². The smallest absolute Gasteiger partial charge is 0.408 e. The van der Waals surface area contributed by atoms with Crippen molar-refractivity contribution in [2.75, 3.05) is 6.54 Å². The molecule has 0 bridgehead atoms. The van der Waals surface area contributed by atoms with E-state index in [2.05, 4.69) is 17.2 Å². The van der Waals surface area contributed by atoms with Gasteiger partial charge >= 0.3 is 12.1 Å². The molecule has 0 radical (unpaired) electrons. The van der Waals surface area contributed by atoms with Crippen molar-refractivity contribution in [3.8, 4) is 0 Å². The molecule has 0 aliphatic heterocycles. The van der Waals surface area contributed by atoms with Crippen LogP contribution in [0.1, 0.15) is 83.2 Å². The Hall–Kier alpha value is -4.92. The van der Waals surface area contributed by atoms with Crippen LogP contribution in [0.15, 0.2) is 91.5 Å². The van der Waals surface area contributed by atoms with Gasteiger partial charge in [0.1, 0.15) is 29.3 Å². The second kappa shape index (κ2) is 17.5. The Balaban J connectivity index is 2.10. The molecule has 0 fully saturated rings. The van der Waals surface area contributed by atoms with E-state index in [9.17, 15) is 19.2 Å². The number of hydrogen-bond acceptors (Lipinski definition) is 6. The van der Waals surface area contributed by atoms with Crippen molar-refractivity contribution in [3.63, 3.8) is 0 Å². The molecule has 0 saturated heterocycles. The first-order chi connectivity index (χ1) is 23.1. The number of rotatable bonds is 14. The van der Waals surface area contributed by atoms with E-state index < -0.39 is 53.2 Å². The number of alkyl carbamates (subject to hydrolysis) is 1. The van der Waals surface area contributed by atoms with Crippen LogP contribution in [0.3, 0.4) is 0 Å². The molecule has 0 aromatic heterocycles. The molecule has 49 heavy (non-hydrogen) atoms. The van der Waals surface area contributed by atoms with Crippen LogP contribution in [0.2, 0.25) is 0 Å². The maximum Gasteiger partial charge on any atom is 0.408 e. The van der Waals surface area contributed by atoms with Crippen LogP contribution in [-0.2, 0) is 36.7 Å². The summed E-state index contributed by atoms with van der Waals surface area (Å²) < 4.78 is 11.3. The minimum atomic E-state index is -1.16. The topological polar surface area (TPSA) is 114 Å². The fourth-order valence-electron chi connectivity index (χ4n) is 5.30. The van der Waals surface area contributed by atoms with Gasteiger partial charge < -0.3 is 25.0 Å². The lowest BCUT2D eigenvalue weighted by Crippen LogP contribution is -2.55. The summed E-state index contributed by atoms with van der Waals surface area (Å²) in [5, 5.41) is 5.70. The Labute approximate surface area is 291 Å². The molecule has 0 heterocycles. The number of hydrogen-bond donors (Lipinski definition) is 2. The standard InChI is InChI=1S/C40H51N3O6/c1-9-24-43(36(45)32(26-29-18-13-11-14-19-29)42-38(47)49-40(6,7)8)34(31-23-17-22-28(10-2)25-31)35(44)41-33(37(46)48-39(3,4)5)27-30-20-15-12-16-21-30/h10-23,25,32-34H,2,9,24,26-27H2,1,3-8H3,(H,41,44)(H,42,47). The summed E-state index contributed by atoms with van der Waals surface area (Å²) in [4.78, 5) is 57.3. The molecule has 0 saturated carbocycles. The summed E-state index contributed by atoms with van der Waals surface area (Å²) in [6.07, 6.45) is 1.77. The number of carbonyl (C=O) groups excluding carboxylic acids is 4. The second-order valence-corrected chi connectivity index (χ2v) is 14.0. The van der Waals surface area contributed by atoms with Gasteiger partial charge in [-0.1, -0.05) is 98.4 Å². The molecule has 0 aliphatic carbocycles. The van der Waals surface area contributed by atoms with E-state index in [1.54, 1.807) is 65.8 Å². The fraction of sp³-hybridized carbons (Fsp3) is 0.400. The molecule has 3 atom stereocenters. The van der Waals surface area contributed by atoms with Gasteiger partial charge in [0.05, 0.1) is 0 Å². The van der Waals surface area contributed by atoms with Crippen LogP contribution in [0.4, 0.5) is 4.79 Å². The first kappa shape index (κ1) is 38.5. The first-order valence-electron chi connectivity index (χ1n) is 16.7. The van der Waals surface area contributed by atoms with Crippen molar-refractivity contribution in [3.05, 3.63) is 114 Å². The van der Waals surface area contributed by atoms with Crippen molar-refractivity contribution < 1.29 is 28.7 Å². The van der Waals surface area contributed by atoms with Gasteiger partial charge in [-0.2, -0.15) is 0 Å². The Morgan fingerprint density at radius 2 is 1.31 bits per heavy atom. The summed E-state index contributed by atoms with van der Waals surface area (Å²) >= 11 is 0. The van der Waals surface area contributed by atoms with Gasteiger partial charge in [-0.25, -0.2) is 9.59 Å². The van der Waals surface area contributed by atoms with Crippen molar-refractivity contribution in [1.29, 1.82) is 0 Å². The lowest BCUT2D eigenvalue weighted by Gasteiger charge is -2.35. The van der Waals surface area contributed by atoms with E-state index in [4.69, 9.17) is 9.47 Å².